The zero-order chi connectivity index (χ0) is 14.5. The summed E-state index contributed by atoms with van der Waals surface area (Å²) in [6.07, 6.45) is 1.58. The Morgan fingerprint density at radius 1 is 1.60 bits per heavy atom. The standard InChI is InChI=1S/C12H13ClN4O2S/c1-19-9-3-7(2-8(4-13)11(9)18)5-15-17-12-16-10(14)6-20-12/h2-3,5-6,18H,4,14H2,1H3,(H,16,17). The molecule has 0 radical (unpaired) electrons. The highest BCUT2D eigenvalue weighted by Crippen LogP contribution is 2.32. The van der Waals surface area contributed by atoms with Gasteiger partial charge in [0, 0.05) is 10.9 Å². The summed E-state index contributed by atoms with van der Waals surface area (Å²) in [6, 6.07) is 3.39. The van der Waals surface area contributed by atoms with E-state index in [2.05, 4.69) is 15.5 Å². The molecular weight excluding hydrogens is 300 g/mol. The number of phenolic OH excluding ortho intramolecular Hbond substituents is 1. The fourth-order valence-corrected chi connectivity index (χ4v) is 2.27. The summed E-state index contributed by atoms with van der Waals surface area (Å²) < 4.78 is 5.08. The molecule has 1 aromatic heterocycles. The number of aromatic nitrogens is 1. The smallest absolute Gasteiger partial charge is 0.205 e. The second kappa shape index (κ2) is 6.44. The topological polar surface area (TPSA) is 92.8 Å². The van der Waals surface area contributed by atoms with Crippen LogP contribution in [0.2, 0.25) is 0 Å². The molecular formula is C12H13ClN4O2S. The molecule has 0 fully saturated rings. The van der Waals surface area contributed by atoms with Crippen LogP contribution in [0.4, 0.5) is 10.9 Å². The molecule has 0 saturated heterocycles. The Morgan fingerprint density at radius 2 is 2.40 bits per heavy atom. The highest BCUT2D eigenvalue weighted by Gasteiger charge is 2.08. The van der Waals surface area contributed by atoms with Gasteiger partial charge in [-0.15, -0.1) is 22.9 Å². The number of nitrogen functional groups attached to an aromatic ring is 1. The molecule has 1 heterocycles. The largest absolute Gasteiger partial charge is 0.504 e. The van der Waals surface area contributed by atoms with Gasteiger partial charge in [0.15, 0.2) is 11.5 Å². The first-order valence-electron chi connectivity index (χ1n) is 5.60. The number of halogens is 1. The fourth-order valence-electron chi connectivity index (χ4n) is 1.52. The number of phenols is 1. The van der Waals surface area contributed by atoms with E-state index in [0.29, 0.717) is 22.3 Å². The molecule has 1 aromatic carbocycles. The molecule has 0 aliphatic heterocycles. The van der Waals surface area contributed by atoms with Crippen LogP contribution in [0.5, 0.6) is 11.5 Å². The molecule has 106 valence electrons. The molecule has 0 aliphatic rings. The van der Waals surface area contributed by atoms with E-state index in [4.69, 9.17) is 22.1 Å². The number of rotatable bonds is 5. The van der Waals surface area contributed by atoms with Crippen LogP contribution in [-0.2, 0) is 5.88 Å². The predicted octanol–water partition coefficient (Wildman–Crippen LogP) is 2.62. The first kappa shape index (κ1) is 14.4. The van der Waals surface area contributed by atoms with E-state index in [1.54, 1.807) is 23.7 Å². The second-order valence-electron chi connectivity index (χ2n) is 3.81. The fraction of sp³-hybridized carbons (Fsp3) is 0.167. The van der Waals surface area contributed by atoms with Crippen LogP contribution >= 0.6 is 22.9 Å². The molecule has 0 amide bonds. The minimum absolute atomic E-state index is 0.0420. The van der Waals surface area contributed by atoms with Gasteiger partial charge in [0.05, 0.1) is 19.2 Å². The number of alkyl halides is 1. The van der Waals surface area contributed by atoms with Crippen LogP contribution in [0.15, 0.2) is 22.6 Å². The van der Waals surface area contributed by atoms with E-state index >= 15 is 0 Å². The van der Waals surface area contributed by atoms with Crippen LogP contribution in [0, 0.1) is 0 Å². The van der Waals surface area contributed by atoms with Crippen LogP contribution in [0.3, 0.4) is 0 Å². The van der Waals surface area contributed by atoms with E-state index < -0.39 is 0 Å². The van der Waals surface area contributed by atoms with E-state index in [9.17, 15) is 5.11 Å². The van der Waals surface area contributed by atoms with Crippen molar-refractivity contribution in [3.05, 3.63) is 28.6 Å². The number of anilines is 2. The van der Waals surface area contributed by atoms with Gasteiger partial charge in [0.1, 0.15) is 5.82 Å². The van der Waals surface area contributed by atoms with Crippen molar-refractivity contribution in [3.63, 3.8) is 0 Å². The van der Waals surface area contributed by atoms with E-state index in [0.717, 1.165) is 5.56 Å². The summed E-state index contributed by atoms with van der Waals surface area (Å²) in [5.41, 5.74) is 9.58. The number of hydrogen-bond acceptors (Lipinski definition) is 7. The summed E-state index contributed by atoms with van der Waals surface area (Å²) in [5.74, 6) is 1.02. The maximum Gasteiger partial charge on any atom is 0.205 e. The van der Waals surface area contributed by atoms with Gasteiger partial charge < -0.3 is 15.6 Å². The Balaban J connectivity index is 2.16. The summed E-state index contributed by atoms with van der Waals surface area (Å²) >= 11 is 7.12. The third-order valence-corrected chi connectivity index (χ3v) is 3.49. The zero-order valence-corrected chi connectivity index (χ0v) is 12.2. The van der Waals surface area contributed by atoms with Crippen molar-refractivity contribution in [1.29, 1.82) is 0 Å². The maximum atomic E-state index is 9.83. The minimum atomic E-state index is 0.0420. The van der Waals surface area contributed by atoms with Gasteiger partial charge in [0.25, 0.3) is 0 Å². The number of aromatic hydroxyl groups is 1. The van der Waals surface area contributed by atoms with E-state index in [1.165, 1.54) is 18.4 Å². The van der Waals surface area contributed by atoms with Crippen molar-refractivity contribution in [2.24, 2.45) is 5.10 Å². The molecule has 8 heteroatoms. The second-order valence-corrected chi connectivity index (χ2v) is 4.94. The van der Waals surface area contributed by atoms with E-state index in [1.807, 2.05) is 0 Å². The van der Waals surface area contributed by atoms with Crippen molar-refractivity contribution >= 4 is 40.1 Å². The highest BCUT2D eigenvalue weighted by atomic mass is 35.5. The number of methoxy groups -OCH3 is 1. The van der Waals surface area contributed by atoms with Gasteiger partial charge in [-0.2, -0.15) is 5.10 Å². The van der Waals surface area contributed by atoms with E-state index in [-0.39, 0.29) is 11.6 Å². The third kappa shape index (κ3) is 3.31. The molecule has 0 spiro atoms. The van der Waals surface area contributed by atoms with Gasteiger partial charge in [-0.3, -0.25) is 5.43 Å². The number of ether oxygens (including phenoxy) is 1. The number of hydrogen-bond donors (Lipinski definition) is 3. The lowest BCUT2D eigenvalue weighted by Gasteiger charge is -2.08. The molecule has 2 aromatic rings. The Labute approximate surface area is 124 Å². The summed E-state index contributed by atoms with van der Waals surface area (Å²) in [4.78, 5) is 4.01. The lowest BCUT2D eigenvalue weighted by Crippen LogP contribution is -1.94. The van der Waals surface area contributed by atoms with Gasteiger partial charge >= 0.3 is 0 Å². The number of hydrazone groups is 1. The molecule has 0 atom stereocenters. The first-order chi connectivity index (χ1) is 9.63. The minimum Gasteiger partial charge on any atom is -0.504 e. The Kier molecular flexibility index (Phi) is 4.65. The average Bonchev–Trinajstić information content (AvgIpc) is 2.86. The lowest BCUT2D eigenvalue weighted by molar-refractivity contribution is 0.371. The molecule has 2 rings (SSSR count). The Bertz CT molecular complexity index is 605. The quantitative estimate of drug-likeness (QED) is 0.448. The highest BCUT2D eigenvalue weighted by molar-refractivity contribution is 7.14. The van der Waals surface area contributed by atoms with Crippen molar-refractivity contribution in [2.75, 3.05) is 18.3 Å². The number of nitrogens with zero attached hydrogens (tertiary/aromatic N) is 2. The van der Waals surface area contributed by atoms with Gasteiger partial charge in [-0.05, 0) is 17.7 Å². The third-order valence-electron chi connectivity index (χ3n) is 2.44. The Hall–Kier alpha value is -1.99. The zero-order valence-electron chi connectivity index (χ0n) is 10.6. The molecule has 0 bridgehead atoms. The number of benzene rings is 1. The average molecular weight is 313 g/mol. The SMILES string of the molecule is COc1cc(C=NNc2nc(N)cs2)cc(CCl)c1O. The molecule has 0 aliphatic carbocycles. The van der Waals surface area contributed by atoms with Gasteiger partial charge in [-0.1, -0.05) is 0 Å². The van der Waals surface area contributed by atoms with Crippen LogP contribution in [-0.4, -0.2) is 23.4 Å². The molecule has 0 saturated carbocycles. The van der Waals surface area contributed by atoms with Gasteiger partial charge in [-0.25, -0.2) is 4.98 Å². The van der Waals surface area contributed by atoms with Gasteiger partial charge in [0.2, 0.25) is 5.13 Å². The summed E-state index contributed by atoms with van der Waals surface area (Å²) in [6.45, 7) is 0. The molecule has 20 heavy (non-hydrogen) atoms. The molecule has 4 N–H and O–H groups in total. The molecule has 0 unspecified atom stereocenters. The van der Waals surface area contributed by atoms with Crippen molar-refractivity contribution in [1.82, 2.24) is 4.98 Å². The predicted molar refractivity (Wildman–Crippen MR) is 82.0 cm³/mol. The maximum absolute atomic E-state index is 9.83. The lowest BCUT2D eigenvalue weighted by atomic mass is 10.1. The normalized spacial score (nSPS) is 10.9. The van der Waals surface area contributed by atoms with Crippen LogP contribution in [0.1, 0.15) is 11.1 Å². The number of nitrogens with one attached hydrogen (secondary N) is 1. The number of thiazole rings is 1. The summed E-state index contributed by atoms with van der Waals surface area (Å²) in [7, 11) is 1.48. The number of nitrogens with two attached hydrogens (primary N) is 1. The monoisotopic (exact) mass is 312 g/mol. The van der Waals surface area contributed by atoms with Crippen LogP contribution in [0.25, 0.3) is 0 Å². The first-order valence-corrected chi connectivity index (χ1v) is 7.01. The van der Waals surface area contributed by atoms with Crippen molar-refractivity contribution in [3.8, 4) is 11.5 Å². The molecule has 6 nitrogen and oxygen atoms in total. The Morgan fingerprint density at radius 3 is 3.00 bits per heavy atom. The summed E-state index contributed by atoms with van der Waals surface area (Å²) in [5, 5.41) is 16.2. The van der Waals surface area contributed by atoms with Crippen molar-refractivity contribution in [2.45, 2.75) is 5.88 Å². The van der Waals surface area contributed by atoms with Crippen molar-refractivity contribution < 1.29 is 9.84 Å². The van der Waals surface area contributed by atoms with Crippen LogP contribution < -0.4 is 15.9 Å².